The summed E-state index contributed by atoms with van der Waals surface area (Å²) in [6.07, 6.45) is 5.23. The molecule has 0 atom stereocenters. The first kappa shape index (κ1) is 15.3. The lowest BCUT2D eigenvalue weighted by atomic mass is 10.2. The van der Waals surface area contributed by atoms with Crippen LogP contribution in [0.3, 0.4) is 0 Å². The standard InChI is InChI=1S/C19H18N6/c1-13-14(2)25(16-8-4-6-10-22-16)19-17(13)18(20)24(12-23-19)11-15-7-3-5-9-21-15/h3-10,12,20H,11H2,1-2H3. The monoisotopic (exact) mass is 330 g/mol. The molecular formula is C19H18N6. The predicted molar refractivity (Wildman–Crippen MR) is 95.5 cm³/mol. The zero-order valence-electron chi connectivity index (χ0n) is 14.1. The molecule has 0 aromatic carbocycles. The number of rotatable bonds is 3. The molecule has 0 radical (unpaired) electrons. The van der Waals surface area contributed by atoms with Crippen LogP contribution in [0, 0.1) is 19.3 Å². The molecule has 4 heterocycles. The van der Waals surface area contributed by atoms with Gasteiger partial charge in [-0.05, 0) is 43.7 Å². The molecule has 4 aromatic rings. The van der Waals surface area contributed by atoms with Gasteiger partial charge in [-0.25, -0.2) is 9.97 Å². The van der Waals surface area contributed by atoms with Crippen molar-refractivity contribution in [2.45, 2.75) is 20.4 Å². The maximum Gasteiger partial charge on any atom is 0.151 e. The van der Waals surface area contributed by atoms with Gasteiger partial charge in [0.25, 0.3) is 0 Å². The lowest BCUT2D eigenvalue weighted by Crippen LogP contribution is -2.22. The third-order valence-corrected chi connectivity index (χ3v) is 4.47. The SMILES string of the molecule is Cc1c(C)n(-c2ccccn2)c2ncn(Cc3ccccn3)c(=N)c12. The fourth-order valence-corrected chi connectivity index (χ4v) is 3.07. The Morgan fingerprint density at radius 2 is 1.72 bits per heavy atom. The predicted octanol–water partition coefficient (Wildman–Crippen LogP) is 2.76. The van der Waals surface area contributed by atoms with Crippen molar-refractivity contribution in [2.24, 2.45) is 0 Å². The first-order valence-corrected chi connectivity index (χ1v) is 8.10. The zero-order valence-corrected chi connectivity index (χ0v) is 14.1. The highest BCUT2D eigenvalue weighted by Crippen LogP contribution is 2.23. The summed E-state index contributed by atoms with van der Waals surface area (Å²) in [4.78, 5) is 13.4. The summed E-state index contributed by atoms with van der Waals surface area (Å²) in [7, 11) is 0. The average Bonchev–Trinajstić information content (AvgIpc) is 2.90. The number of aromatic nitrogens is 5. The maximum absolute atomic E-state index is 8.66. The van der Waals surface area contributed by atoms with E-state index in [0.717, 1.165) is 33.8 Å². The molecular weight excluding hydrogens is 312 g/mol. The van der Waals surface area contributed by atoms with Gasteiger partial charge in [-0.15, -0.1) is 0 Å². The summed E-state index contributed by atoms with van der Waals surface area (Å²) >= 11 is 0. The minimum Gasteiger partial charge on any atom is -0.311 e. The van der Waals surface area contributed by atoms with Crippen LogP contribution < -0.4 is 5.49 Å². The lowest BCUT2D eigenvalue weighted by molar-refractivity contribution is 0.705. The Morgan fingerprint density at radius 3 is 2.40 bits per heavy atom. The molecule has 0 aliphatic rings. The molecule has 0 spiro atoms. The van der Waals surface area contributed by atoms with E-state index in [1.165, 1.54) is 0 Å². The number of fused-ring (bicyclic) bond motifs is 1. The first-order valence-electron chi connectivity index (χ1n) is 8.10. The van der Waals surface area contributed by atoms with Crippen LogP contribution in [-0.4, -0.2) is 24.1 Å². The Hall–Kier alpha value is -3.28. The van der Waals surface area contributed by atoms with Gasteiger partial charge in [0.15, 0.2) is 5.65 Å². The normalized spacial score (nSPS) is 11.1. The molecule has 25 heavy (non-hydrogen) atoms. The van der Waals surface area contributed by atoms with Crippen molar-refractivity contribution in [3.8, 4) is 5.82 Å². The fourth-order valence-electron chi connectivity index (χ4n) is 3.07. The van der Waals surface area contributed by atoms with Gasteiger partial charge in [-0.3, -0.25) is 15.0 Å². The molecule has 0 amide bonds. The summed E-state index contributed by atoms with van der Waals surface area (Å²) < 4.78 is 3.83. The number of nitrogens with zero attached hydrogens (tertiary/aromatic N) is 5. The smallest absolute Gasteiger partial charge is 0.151 e. The Kier molecular flexibility index (Phi) is 3.65. The van der Waals surface area contributed by atoms with Crippen LogP contribution in [0.15, 0.2) is 55.1 Å². The highest BCUT2D eigenvalue weighted by atomic mass is 15.1. The topological polar surface area (TPSA) is 72.4 Å². The van der Waals surface area contributed by atoms with Gasteiger partial charge in [0.2, 0.25) is 0 Å². The van der Waals surface area contributed by atoms with Crippen LogP contribution in [0.5, 0.6) is 0 Å². The zero-order chi connectivity index (χ0) is 17.4. The van der Waals surface area contributed by atoms with Gasteiger partial charge in [-0.1, -0.05) is 12.1 Å². The Morgan fingerprint density at radius 1 is 0.960 bits per heavy atom. The van der Waals surface area contributed by atoms with Crippen molar-refractivity contribution in [3.63, 3.8) is 0 Å². The Bertz CT molecular complexity index is 1090. The largest absolute Gasteiger partial charge is 0.311 e. The second-order valence-electron chi connectivity index (χ2n) is 5.97. The highest BCUT2D eigenvalue weighted by molar-refractivity contribution is 5.82. The van der Waals surface area contributed by atoms with Gasteiger partial charge < -0.3 is 4.57 Å². The molecule has 6 heteroatoms. The average molecular weight is 330 g/mol. The van der Waals surface area contributed by atoms with Gasteiger partial charge in [-0.2, -0.15) is 0 Å². The highest BCUT2D eigenvalue weighted by Gasteiger charge is 2.16. The van der Waals surface area contributed by atoms with E-state index in [9.17, 15) is 0 Å². The minimum atomic E-state index is 0.436. The van der Waals surface area contributed by atoms with Crippen LogP contribution in [-0.2, 0) is 6.54 Å². The molecule has 0 saturated carbocycles. The van der Waals surface area contributed by atoms with Gasteiger partial charge in [0, 0.05) is 18.1 Å². The minimum absolute atomic E-state index is 0.436. The number of pyridine rings is 2. The van der Waals surface area contributed by atoms with E-state index in [-0.39, 0.29) is 0 Å². The van der Waals surface area contributed by atoms with Crippen LogP contribution in [0.1, 0.15) is 17.0 Å². The maximum atomic E-state index is 8.66. The Labute approximate surface area is 145 Å². The summed E-state index contributed by atoms with van der Waals surface area (Å²) in [5.74, 6) is 0.812. The van der Waals surface area contributed by atoms with Crippen molar-refractivity contribution in [1.82, 2.24) is 24.1 Å². The molecule has 0 aliphatic heterocycles. The molecule has 0 aliphatic carbocycles. The molecule has 0 bridgehead atoms. The van der Waals surface area contributed by atoms with E-state index in [1.54, 1.807) is 18.7 Å². The van der Waals surface area contributed by atoms with E-state index < -0.39 is 0 Å². The fraction of sp³-hybridized carbons (Fsp3) is 0.158. The molecule has 0 saturated heterocycles. The van der Waals surface area contributed by atoms with Crippen molar-refractivity contribution >= 4 is 11.0 Å². The third kappa shape index (κ3) is 2.52. The van der Waals surface area contributed by atoms with Crippen LogP contribution in [0.25, 0.3) is 16.9 Å². The van der Waals surface area contributed by atoms with Crippen molar-refractivity contribution in [1.29, 1.82) is 5.41 Å². The van der Waals surface area contributed by atoms with Crippen molar-refractivity contribution in [3.05, 3.63) is 77.6 Å². The number of nitrogens with one attached hydrogen (secondary N) is 1. The van der Waals surface area contributed by atoms with E-state index in [0.29, 0.717) is 12.0 Å². The third-order valence-electron chi connectivity index (χ3n) is 4.47. The van der Waals surface area contributed by atoms with E-state index in [2.05, 4.69) is 15.0 Å². The first-order chi connectivity index (χ1) is 12.2. The lowest BCUT2D eigenvalue weighted by Gasteiger charge is -2.08. The van der Waals surface area contributed by atoms with Crippen molar-refractivity contribution in [2.75, 3.05) is 0 Å². The van der Waals surface area contributed by atoms with Gasteiger partial charge in [0.1, 0.15) is 11.3 Å². The molecule has 4 aromatic heterocycles. The summed E-state index contributed by atoms with van der Waals surface area (Å²) in [6, 6.07) is 11.6. The number of hydrogen-bond donors (Lipinski definition) is 1. The van der Waals surface area contributed by atoms with E-state index in [1.807, 2.05) is 59.4 Å². The summed E-state index contributed by atoms with van der Waals surface area (Å²) in [5.41, 5.74) is 4.20. The number of aryl methyl sites for hydroxylation is 1. The van der Waals surface area contributed by atoms with Crippen molar-refractivity contribution < 1.29 is 0 Å². The van der Waals surface area contributed by atoms with E-state index in [4.69, 9.17) is 5.41 Å². The second kappa shape index (κ2) is 5.98. The van der Waals surface area contributed by atoms with Gasteiger partial charge in [0.05, 0.1) is 24.0 Å². The van der Waals surface area contributed by atoms with E-state index >= 15 is 0 Å². The van der Waals surface area contributed by atoms with Crippen LogP contribution in [0.4, 0.5) is 0 Å². The molecule has 0 unspecified atom stereocenters. The summed E-state index contributed by atoms with van der Waals surface area (Å²) in [6.45, 7) is 4.59. The molecule has 1 N–H and O–H groups in total. The quantitative estimate of drug-likeness (QED) is 0.628. The molecule has 6 nitrogen and oxygen atoms in total. The van der Waals surface area contributed by atoms with Crippen LogP contribution >= 0.6 is 0 Å². The number of hydrogen-bond acceptors (Lipinski definition) is 4. The molecule has 4 rings (SSSR count). The van der Waals surface area contributed by atoms with Gasteiger partial charge >= 0.3 is 0 Å². The molecule has 0 fully saturated rings. The summed E-state index contributed by atoms with van der Waals surface area (Å²) in [5, 5.41) is 9.51. The van der Waals surface area contributed by atoms with Crippen LogP contribution in [0.2, 0.25) is 0 Å². The Balaban J connectivity index is 1.91. The second-order valence-corrected chi connectivity index (χ2v) is 5.97. The molecule has 124 valence electrons.